The topological polar surface area (TPSA) is 47.7 Å². The van der Waals surface area contributed by atoms with Crippen molar-refractivity contribution in [1.82, 2.24) is 24.9 Å². The molecule has 0 saturated heterocycles. The Bertz CT molecular complexity index is 471. The largest absolute Gasteiger partial charge is 0.333 e. The molecule has 0 radical (unpaired) electrons. The molecule has 0 atom stereocenters. The third-order valence-electron chi connectivity index (χ3n) is 2.68. The van der Waals surface area contributed by atoms with Gasteiger partial charge in [-0.1, -0.05) is 0 Å². The van der Waals surface area contributed by atoms with Crippen molar-refractivity contribution in [3.8, 4) is 0 Å². The Hall–Kier alpha value is -1.76. The van der Waals surface area contributed by atoms with E-state index in [1.165, 1.54) is 6.20 Å². The van der Waals surface area contributed by atoms with Crippen LogP contribution in [-0.2, 0) is 13.1 Å². The van der Waals surface area contributed by atoms with Crippen LogP contribution >= 0.6 is 0 Å². The first-order valence-electron chi connectivity index (χ1n) is 6.12. The Morgan fingerprint density at radius 1 is 1.26 bits per heavy atom. The second-order valence-electron chi connectivity index (χ2n) is 4.59. The minimum absolute atomic E-state index is 0.329. The number of halogens is 2. The van der Waals surface area contributed by atoms with Crippen LogP contribution in [0.2, 0.25) is 0 Å². The van der Waals surface area contributed by atoms with E-state index in [9.17, 15) is 8.78 Å². The Balaban J connectivity index is 1.82. The van der Waals surface area contributed by atoms with Crippen molar-refractivity contribution in [2.24, 2.45) is 0 Å². The minimum atomic E-state index is -2.59. The van der Waals surface area contributed by atoms with Gasteiger partial charge in [0.05, 0.1) is 11.9 Å². The van der Waals surface area contributed by atoms with Crippen LogP contribution in [0.4, 0.5) is 8.78 Å². The van der Waals surface area contributed by atoms with Gasteiger partial charge in [0.2, 0.25) is 0 Å². The van der Waals surface area contributed by atoms with Gasteiger partial charge in [-0.2, -0.15) is 19.0 Å². The van der Waals surface area contributed by atoms with E-state index in [0.29, 0.717) is 29.5 Å². The predicted molar refractivity (Wildman–Crippen MR) is 66.6 cm³/mol. The molecule has 0 bridgehead atoms. The minimum Gasteiger partial charge on any atom is -0.307 e. The fourth-order valence-corrected chi connectivity index (χ4v) is 1.67. The van der Waals surface area contributed by atoms with Gasteiger partial charge in [0.15, 0.2) is 0 Å². The highest BCUT2D eigenvalue weighted by Crippen LogP contribution is 2.09. The molecule has 0 aliphatic carbocycles. The lowest BCUT2D eigenvalue weighted by molar-refractivity contribution is 0.0561. The van der Waals surface area contributed by atoms with Gasteiger partial charge in [0.25, 0.3) is 0 Å². The van der Waals surface area contributed by atoms with Crippen LogP contribution in [0, 0.1) is 0 Å². The summed E-state index contributed by atoms with van der Waals surface area (Å²) in [6, 6.07) is 1.91. The maximum Gasteiger partial charge on any atom is 0.333 e. The molecule has 0 fully saturated rings. The number of nitrogens with zero attached hydrogens (tertiary/aromatic N) is 4. The number of hydrogen-bond acceptors (Lipinski definition) is 3. The number of nitrogens with one attached hydrogen (secondary N) is 1. The molecule has 0 aliphatic heterocycles. The highest BCUT2D eigenvalue weighted by molar-refractivity contribution is 5.05. The summed E-state index contributed by atoms with van der Waals surface area (Å²) in [7, 11) is 0. The molecule has 2 rings (SSSR count). The molecule has 0 aliphatic rings. The lowest BCUT2D eigenvalue weighted by Gasteiger charge is -2.03. The fourth-order valence-electron chi connectivity index (χ4n) is 1.67. The van der Waals surface area contributed by atoms with E-state index in [0.717, 1.165) is 5.56 Å². The van der Waals surface area contributed by atoms with Crippen LogP contribution in [0.1, 0.15) is 37.7 Å². The van der Waals surface area contributed by atoms with Crippen molar-refractivity contribution in [3.05, 3.63) is 35.9 Å². The second kappa shape index (κ2) is 5.92. The molecule has 1 N–H and O–H groups in total. The molecule has 0 amide bonds. The number of aromatic nitrogens is 4. The Labute approximate surface area is 110 Å². The van der Waals surface area contributed by atoms with Crippen molar-refractivity contribution in [3.63, 3.8) is 0 Å². The first-order valence-corrected chi connectivity index (χ1v) is 6.12. The third-order valence-corrected chi connectivity index (χ3v) is 2.68. The normalized spacial score (nSPS) is 11.7. The van der Waals surface area contributed by atoms with Crippen molar-refractivity contribution < 1.29 is 8.78 Å². The summed E-state index contributed by atoms with van der Waals surface area (Å²) in [5.41, 5.74) is 1.65. The smallest absolute Gasteiger partial charge is 0.307 e. The molecule has 0 unspecified atom stereocenters. The standard InChI is InChI=1S/C12H17F2N5/c1-9(2)19-8-10(6-16-19)5-15-7-11-3-4-18(17-11)12(13)14/h3-4,6,8-9,12,15H,5,7H2,1-2H3. The quantitative estimate of drug-likeness (QED) is 0.875. The van der Waals surface area contributed by atoms with E-state index < -0.39 is 6.55 Å². The summed E-state index contributed by atoms with van der Waals surface area (Å²) in [5, 5.41) is 11.1. The van der Waals surface area contributed by atoms with Gasteiger partial charge in [-0.15, -0.1) is 0 Å². The van der Waals surface area contributed by atoms with Gasteiger partial charge < -0.3 is 5.32 Å². The predicted octanol–water partition coefficient (Wildman–Crippen LogP) is 2.35. The summed E-state index contributed by atoms with van der Waals surface area (Å²) in [5.74, 6) is 0. The summed E-state index contributed by atoms with van der Waals surface area (Å²) in [4.78, 5) is 0. The van der Waals surface area contributed by atoms with Crippen molar-refractivity contribution in [1.29, 1.82) is 0 Å². The van der Waals surface area contributed by atoms with Crippen molar-refractivity contribution in [2.45, 2.75) is 39.5 Å². The molecule has 2 heterocycles. The van der Waals surface area contributed by atoms with Crippen molar-refractivity contribution in [2.75, 3.05) is 0 Å². The molecule has 2 aromatic rings. The van der Waals surface area contributed by atoms with Crippen LogP contribution < -0.4 is 5.32 Å². The van der Waals surface area contributed by atoms with E-state index >= 15 is 0 Å². The molecule has 2 aromatic heterocycles. The zero-order valence-electron chi connectivity index (χ0n) is 10.9. The van der Waals surface area contributed by atoms with Crippen molar-refractivity contribution >= 4 is 0 Å². The average molecular weight is 269 g/mol. The molecule has 7 heteroatoms. The highest BCUT2D eigenvalue weighted by atomic mass is 19.3. The van der Waals surface area contributed by atoms with Crippen LogP contribution in [0.3, 0.4) is 0 Å². The lowest BCUT2D eigenvalue weighted by atomic mass is 10.3. The fraction of sp³-hybridized carbons (Fsp3) is 0.500. The zero-order chi connectivity index (χ0) is 13.8. The van der Waals surface area contributed by atoms with Gasteiger partial charge in [0, 0.05) is 37.1 Å². The monoisotopic (exact) mass is 269 g/mol. The average Bonchev–Trinajstić information content (AvgIpc) is 2.97. The first-order chi connectivity index (χ1) is 9.06. The number of hydrogen-bond donors (Lipinski definition) is 1. The molecule has 0 saturated carbocycles. The van der Waals surface area contributed by atoms with E-state index in [1.807, 2.05) is 10.9 Å². The van der Waals surface area contributed by atoms with E-state index in [1.54, 1.807) is 12.3 Å². The van der Waals surface area contributed by atoms with Gasteiger partial charge in [-0.25, -0.2) is 4.68 Å². The van der Waals surface area contributed by atoms with Gasteiger partial charge in [-0.3, -0.25) is 4.68 Å². The Kier molecular flexibility index (Phi) is 4.26. The van der Waals surface area contributed by atoms with Crippen LogP contribution in [-0.4, -0.2) is 19.6 Å². The van der Waals surface area contributed by atoms with E-state index in [4.69, 9.17) is 0 Å². The maximum absolute atomic E-state index is 12.3. The number of alkyl halides is 2. The summed E-state index contributed by atoms with van der Waals surface area (Å²) >= 11 is 0. The molecular weight excluding hydrogens is 252 g/mol. The zero-order valence-corrected chi connectivity index (χ0v) is 10.9. The molecular formula is C12H17F2N5. The summed E-state index contributed by atoms with van der Waals surface area (Å²) in [6.45, 7) is 2.61. The molecule has 104 valence electrons. The van der Waals surface area contributed by atoms with Crippen LogP contribution in [0.15, 0.2) is 24.7 Å². The highest BCUT2D eigenvalue weighted by Gasteiger charge is 2.07. The summed E-state index contributed by atoms with van der Waals surface area (Å²) in [6.07, 6.45) is 5.04. The molecule has 0 aromatic carbocycles. The molecule has 0 spiro atoms. The molecule has 19 heavy (non-hydrogen) atoms. The molecule has 5 nitrogen and oxygen atoms in total. The van der Waals surface area contributed by atoms with E-state index in [-0.39, 0.29) is 0 Å². The van der Waals surface area contributed by atoms with Gasteiger partial charge >= 0.3 is 6.55 Å². The van der Waals surface area contributed by atoms with Crippen LogP contribution in [0.5, 0.6) is 0 Å². The van der Waals surface area contributed by atoms with E-state index in [2.05, 4.69) is 29.4 Å². The van der Waals surface area contributed by atoms with Gasteiger partial charge in [-0.05, 0) is 19.9 Å². The second-order valence-corrected chi connectivity index (χ2v) is 4.59. The van der Waals surface area contributed by atoms with Crippen LogP contribution in [0.25, 0.3) is 0 Å². The lowest BCUT2D eigenvalue weighted by Crippen LogP contribution is -2.13. The Morgan fingerprint density at radius 3 is 2.63 bits per heavy atom. The maximum atomic E-state index is 12.3. The number of rotatable bonds is 6. The SMILES string of the molecule is CC(C)n1cc(CNCc2ccn(C(F)F)n2)cn1. The summed E-state index contributed by atoms with van der Waals surface area (Å²) < 4.78 is 27.2. The van der Waals surface area contributed by atoms with Gasteiger partial charge in [0.1, 0.15) is 0 Å². The first kappa shape index (κ1) is 13.7. The Morgan fingerprint density at radius 2 is 2.05 bits per heavy atom. The third kappa shape index (κ3) is 3.60.